The second-order valence-electron chi connectivity index (χ2n) is 8.65. The molecule has 0 spiro atoms. The zero-order chi connectivity index (χ0) is 25.8. The number of esters is 1. The first-order chi connectivity index (χ1) is 16.5. The van der Waals surface area contributed by atoms with E-state index < -0.39 is 28.5 Å². The molecule has 3 aromatic carbocycles. The number of nitrogens with one attached hydrogen (secondary N) is 1. The maximum Gasteiger partial charge on any atom is 0.338 e. The van der Waals surface area contributed by atoms with Crippen molar-refractivity contribution in [3.8, 4) is 0 Å². The quantitative estimate of drug-likeness (QED) is 0.443. The van der Waals surface area contributed by atoms with Gasteiger partial charge in [-0.2, -0.15) is 0 Å². The standard InChI is InChI=1S/C27H30N2O5S/c1-18(2)24-11-6-8-20(4)26(24)28-25(30)17-34-27(31)21-9-7-10-23(16-21)35(32,33)29(5)22-14-12-19(3)13-15-22/h6-16,18H,17H2,1-5H3,(H,28,30). The fourth-order valence-corrected chi connectivity index (χ4v) is 4.81. The van der Waals surface area contributed by atoms with Crippen molar-refractivity contribution >= 4 is 33.3 Å². The van der Waals surface area contributed by atoms with Gasteiger partial charge in [-0.15, -0.1) is 0 Å². The number of hydrogen-bond donors (Lipinski definition) is 1. The summed E-state index contributed by atoms with van der Waals surface area (Å²) in [5.74, 6) is -1.06. The fraction of sp³-hybridized carbons (Fsp3) is 0.259. The van der Waals surface area contributed by atoms with Gasteiger partial charge in [0.25, 0.3) is 15.9 Å². The fourth-order valence-electron chi connectivity index (χ4n) is 3.57. The average molecular weight is 495 g/mol. The maximum atomic E-state index is 13.1. The molecule has 0 fully saturated rings. The van der Waals surface area contributed by atoms with E-state index in [1.807, 2.05) is 58.0 Å². The lowest BCUT2D eigenvalue weighted by atomic mass is 9.98. The van der Waals surface area contributed by atoms with Gasteiger partial charge < -0.3 is 10.1 Å². The number of carbonyl (C=O) groups excluding carboxylic acids is 2. The topological polar surface area (TPSA) is 92.8 Å². The van der Waals surface area contributed by atoms with Crippen LogP contribution in [0.1, 0.15) is 46.8 Å². The Bertz CT molecular complexity index is 1330. The Balaban J connectivity index is 1.70. The third-order valence-electron chi connectivity index (χ3n) is 5.65. The smallest absolute Gasteiger partial charge is 0.338 e. The van der Waals surface area contributed by atoms with Gasteiger partial charge in [0.05, 0.1) is 16.1 Å². The normalized spacial score (nSPS) is 11.3. The van der Waals surface area contributed by atoms with E-state index in [0.29, 0.717) is 11.4 Å². The Kier molecular flexibility index (Phi) is 7.96. The summed E-state index contributed by atoms with van der Waals surface area (Å²) in [6.45, 7) is 7.37. The van der Waals surface area contributed by atoms with Gasteiger partial charge in [0.15, 0.2) is 6.61 Å². The van der Waals surface area contributed by atoms with Crippen LogP contribution in [0, 0.1) is 13.8 Å². The van der Waals surface area contributed by atoms with Crippen LogP contribution >= 0.6 is 0 Å². The molecule has 1 amide bonds. The van der Waals surface area contributed by atoms with Crippen LogP contribution in [-0.4, -0.2) is 33.9 Å². The van der Waals surface area contributed by atoms with Crippen molar-refractivity contribution in [1.82, 2.24) is 0 Å². The molecule has 0 aliphatic heterocycles. The number of para-hydroxylation sites is 1. The van der Waals surface area contributed by atoms with E-state index in [1.54, 1.807) is 12.1 Å². The molecule has 0 atom stereocenters. The molecule has 0 aliphatic carbocycles. The van der Waals surface area contributed by atoms with Gasteiger partial charge in [0.1, 0.15) is 0 Å². The van der Waals surface area contributed by atoms with Crippen LogP contribution in [0.4, 0.5) is 11.4 Å². The van der Waals surface area contributed by atoms with E-state index in [-0.39, 0.29) is 16.4 Å². The summed E-state index contributed by atoms with van der Waals surface area (Å²) in [5.41, 5.74) is 4.14. The molecule has 3 aromatic rings. The van der Waals surface area contributed by atoms with Crippen molar-refractivity contribution < 1.29 is 22.7 Å². The Labute approximate surface area is 206 Å². The monoisotopic (exact) mass is 494 g/mol. The van der Waals surface area contributed by atoms with E-state index in [0.717, 1.165) is 21.0 Å². The lowest BCUT2D eigenvalue weighted by Gasteiger charge is -2.20. The van der Waals surface area contributed by atoms with Crippen LogP contribution in [0.25, 0.3) is 0 Å². The summed E-state index contributed by atoms with van der Waals surface area (Å²) in [6.07, 6.45) is 0. The van der Waals surface area contributed by atoms with E-state index in [4.69, 9.17) is 4.74 Å². The number of aryl methyl sites for hydroxylation is 2. The minimum atomic E-state index is -3.90. The van der Waals surface area contributed by atoms with Gasteiger partial charge in [0, 0.05) is 12.7 Å². The summed E-state index contributed by atoms with van der Waals surface area (Å²) in [4.78, 5) is 25.0. The molecule has 0 radical (unpaired) electrons. The third kappa shape index (κ3) is 6.08. The number of hydrogen-bond acceptors (Lipinski definition) is 5. The number of benzene rings is 3. The number of sulfonamides is 1. The molecule has 0 bridgehead atoms. The van der Waals surface area contributed by atoms with E-state index >= 15 is 0 Å². The minimum absolute atomic E-state index is 0.0370. The minimum Gasteiger partial charge on any atom is -0.452 e. The second kappa shape index (κ2) is 10.7. The van der Waals surface area contributed by atoms with Gasteiger partial charge in [-0.25, -0.2) is 13.2 Å². The Hall–Kier alpha value is -3.65. The van der Waals surface area contributed by atoms with E-state index in [1.165, 1.54) is 31.3 Å². The number of rotatable bonds is 8. The molecule has 3 rings (SSSR count). The van der Waals surface area contributed by atoms with Crippen molar-refractivity contribution in [1.29, 1.82) is 0 Å². The van der Waals surface area contributed by atoms with Crippen LogP contribution < -0.4 is 9.62 Å². The van der Waals surface area contributed by atoms with E-state index in [2.05, 4.69) is 5.32 Å². The number of amides is 1. The predicted octanol–water partition coefficient (Wildman–Crippen LogP) is 5.05. The number of ether oxygens (including phenoxy) is 1. The van der Waals surface area contributed by atoms with Gasteiger partial charge in [-0.3, -0.25) is 9.10 Å². The summed E-state index contributed by atoms with van der Waals surface area (Å²) in [7, 11) is -2.45. The number of anilines is 2. The summed E-state index contributed by atoms with van der Waals surface area (Å²) >= 11 is 0. The van der Waals surface area contributed by atoms with Crippen molar-refractivity contribution in [3.63, 3.8) is 0 Å². The highest BCUT2D eigenvalue weighted by Gasteiger charge is 2.23. The summed E-state index contributed by atoms with van der Waals surface area (Å²) in [5, 5.41) is 2.82. The summed E-state index contributed by atoms with van der Waals surface area (Å²) < 4.78 is 32.5. The molecular weight excluding hydrogens is 464 g/mol. The largest absolute Gasteiger partial charge is 0.452 e. The lowest BCUT2D eigenvalue weighted by Crippen LogP contribution is -2.27. The van der Waals surface area contributed by atoms with Gasteiger partial charge in [0.2, 0.25) is 0 Å². The van der Waals surface area contributed by atoms with Crippen LogP contribution in [0.2, 0.25) is 0 Å². The number of carbonyl (C=O) groups is 2. The highest BCUT2D eigenvalue weighted by atomic mass is 32.2. The highest BCUT2D eigenvalue weighted by Crippen LogP contribution is 2.27. The van der Waals surface area contributed by atoms with Gasteiger partial charge in [-0.1, -0.05) is 55.8 Å². The Morgan fingerprint density at radius 3 is 2.29 bits per heavy atom. The maximum absolute atomic E-state index is 13.1. The Morgan fingerprint density at radius 1 is 0.971 bits per heavy atom. The SMILES string of the molecule is Cc1ccc(N(C)S(=O)(=O)c2cccc(C(=O)OCC(=O)Nc3c(C)cccc3C(C)C)c2)cc1. The predicted molar refractivity (Wildman–Crippen MR) is 137 cm³/mol. The second-order valence-corrected chi connectivity index (χ2v) is 10.6. The van der Waals surface area contributed by atoms with Crippen molar-refractivity contribution in [2.45, 2.75) is 38.5 Å². The molecule has 0 saturated heterocycles. The summed E-state index contributed by atoms with van der Waals surface area (Å²) in [6, 6.07) is 18.4. The first-order valence-corrected chi connectivity index (χ1v) is 12.7. The third-order valence-corrected chi connectivity index (χ3v) is 7.43. The zero-order valence-corrected chi connectivity index (χ0v) is 21.3. The van der Waals surface area contributed by atoms with Gasteiger partial charge >= 0.3 is 5.97 Å². The van der Waals surface area contributed by atoms with Crippen LogP contribution in [0.3, 0.4) is 0 Å². The van der Waals surface area contributed by atoms with Crippen LogP contribution in [0.15, 0.2) is 71.6 Å². The van der Waals surface area contributed by atoms with Crippen LogP contribution in [0.5, 0.6) is 0 Å². The lowest BCUT2D eigenvalue weighted by molar-refractivity contribution is -0.119. The average Bonchev–Trinajstić information content (AvgIpc) is 2.83. The molecule has 0 heterocycles. The molecule has 0 unspecified atom stereocenters. The highest BCUT2D eigenvalue weighted by molar-refractivity contribution is 7.92. The Morgan fingerprint density at radius 2 is 1.63 bits per heavy atom. The van der Waals surface area contributed by atoms with Crippen molar-refractivity contribution in [2.24, 2.45) is 0 Å². The molecule has 184 valence electrons. The molecule has 0 aliphatic rings. The molecule has 0 aromatic heterocycles. The molecule has 35 heavy (non-hydrogen) atoms. The first-order valence-electron chi connectivity index (χ1n) is 11.2. The van der Waals surface area contributed by atoms with E-state index in [9.17, 15) is 18.0 Å². The molecular formula is C27H30N2O5S. The van der Waals surface area contributed by atoms with Crippen molar-refractivity contribution in [3.05, 3.63) is 89.0 Å². The molecule has 8 heteroatoms. The molecule has 0 saturated carbocycles. The molecule has 1 N–H and O–H groups in total. The number of nitrogens with zero attached hydrogens (tertiary/aromatic N) is 1. The molecule has 7 nitrogen and oxygen atoms in total. The first kappa shape index (κ1) is 26.0. The van der Waals surface area contributed by atoms with Crippen LogP contribution in [-0.2, 0) is 19.6 Å². The van der Waals surface area contributed by atoms with Gasteiger partial charge in [-0.05, 0) is 61.2 Å². The zero-order valence-electron chi connectivity index (χ0n) is 20.5. The van der Waals surface area contributed by atoms with Crippen molar-refractivity contribution in [2.75, 3.05) is 23.3 Å².